The molecule has 0 bridgehead atoms. The summed E-state index contributed by atoms with van der Waals surface area (Å²) in [5.41, 5.74) is 2.93. The van der Waals surface area contributed by atoms with Crippen LogP contribution in [0, 0.1) is 0 Å². The molecule has 0 atom stereocenters. The summed E-state index contributed by atoms with van der Waals surface area (Å²) in [6.45, 7) is 0.621. The molecule has 0 saturated carbocycles. The highest BCUT2D eigenvalue weighted by atomic mass is 79.9. The number of hydrogen-bond acceptors (Lipinski definition) is 3. The fourth-order valence-corrected chi connectivity index (χ4v) is 4.04. The molecule has 0 saturated heterocycles. The summed E-state index contributed by atoms with van der Waals surface area (Å²) >= 11 is 9.49. The lowest BCUT2D eigenvalue weighted by atomic mass is 10.2. The third kappa shape index (κ3) is 5.80. The summed E-state index contributed by atoms with van der Waals surface area (Å²) in [5, 5.41) is 6.25. The molecule has 0 fully saturated rings. The second kappa shape index (κ2) is 10.6. The van der Waals surface area contributed by atoms with E-state index in [0.717, 1.165) is 27.0 Å². The van der Waals surface area contributed by atoms with Gasteiger partial charge in [0.25, 0.3) is 5.91 Å². The first-order valence-corrected chi connectivity index (χ1v) is 11.7. The summed E-state index contributed by atoms with van der Waals surface area (Å²) in [6.07, 6.45) is 1.29. The van der Waals surface area contributed by atoms with Crippen LogP contribution in [0.1, 0.15) is 22.6 Å². The molecule has 4 aromatic rings. The molecule has 2 N–H and O–H groups in total. The lowest BCUT2D eigenvalue weighted by Gasteiger charge is -2.11. The third-order valence-electron chi connectivity index (χ3n) is 5.14. The topological polar surface area (TPSA) is 76.0 Å². The van der Waals surface area contributed by atoms with E-state index in [9.17, 15) is 9.59 Å². The van der Waals surface area contributed by atoms with Gasteiger partial charge in [0.1, 0.15) is 12.4 Å². The Labute approximate surface area is 205 Å². The lowest BCUT2D eigenvalue weighted by molar-refractivity contribution is -0.116. The Balaban J connectivity index is 1.41. The van der Waals surface area contributed by atoms with Crippen molar-refractivity contribution in [2.45, 2.75) is 19.4 Å². The zero-order chi connectivity index (χ0) is 23.2. The van der Waals surface area contributed by atoms with Gasteiger partial charge in [-0.2, -0.15) is 0 Å². The Morgan fingerprint density at radius 2 is 1.70 bits per heavy atom. The zero-order valence-electron chi connectivity index (χ0n) is 17.7. The van der Waals surface area contributed by atoms with Crippen molar-refractivity contribution in [2.75, 3.05) is 11.9 Å². The van der Waals surface area contributed by atoms with E-state index in [-0.39, 0.29) is 18.4 Å². The minimum absolute atomic E-state index is 0.131. The van der Waals surface area contributed by atoms with Gasteiger partial charge in [-0.25, -0.2) is 4.98 Å². The molecule has 0 aliphatic carbocycles. The summed E-state index contributed by atoms with van der Waals surface area (Å²) in [7, 11) is 0. The highest BCUT2D eigenvalue weighted by molar-refractivity contribution is 9.10. The van der Waals surface area contributed by atoms with Crippen LogP contribution in [0.15, 0.2) is 77.3 Å². The molecule has 1 heterocycles. The van der Waals surface area contributed by atoms with Crippen molar-refractivity contribution in [3.63, 3.8) is 0 Å². The van der Waals surface area contributed by atoms with Crippen molar-refractivity contribution in [2.24, 2.45) is 0 Å². The maximum absolute atomic E-state index is 12.7. The van der Waals surface area contributed by atoms with Crippen molar-refractivity contribution < 1.29 is 9.59 Å². The van der Waals surface area contributed by atoms with Gasteiger partial charge >= 0.3 is 0 Å². The number of para-hydroxylation sites is 2. The molecule has 0 spiro atoms. The number of amides is 2. The van der Waals surface area contributed by atoms with E-state index in [4.69, 9.17) is 16.6 Å². The van der Waals surface area contributed by atoms with Crippen LogP contribution < -0.4 is 10.6 Å². The van der Waals surface area contributed by atoms with E-state index in [2.05, 4.69) is 26.6 Å². The number of carbonyl (C=O) groups excluding carboxylic acids is 2. The number of nitrogens with one attached hydrogen (secondary N) is 2. The number of nitrogens with zero attached hydrogens (tertiary/aromatic N) is 2. The number of aromatic nitrogens is 2. The van der Waals surface area contributed by atoms with E-state index in [0.29, 0.717) is 30.0 Å². The van der Waals surface area contributed by atoms with Crippen LogP contribution in [-0.4, -0.2) is 27.9 Å². The maximum atomic E-state index is 12.7. The van der Waals surface area contributed by atoms with Gasteiger partial charge in [0.2, 0.25) is 5.91 Å². The number of imidazole rings is 1. The van der Waals surface area contributed by atoms with Gasteiger partial charge < -0.3 is 15.2 Å². The first-order chi connectivity index (χ1) is 16.0. The van der Waals surface area contributed by atoms with Crippen LogP contribution in [0.5, 0.6) is 0 Å². The normalized spacial score (nSPS) is 10.8. The predicted molar refractivity (Wildman–Crippen MR) is 135 cm³/mol. The molecule has 4 rings (SSSR count). The predicted octanol–water partition coefficient (Wildman–Crippen LogP) is 5.45. The van der Waals surface area contributed by atoms with Crippen LogP contribution >= 0.6 is 27.5 Å². The van der Waals surface area contributed by atoms with E-state index in [1.54, 1.807) is 24.3 Å². The number of hydrogen-bond donors (Lipinski definition) is 2. The third-order valence-corrected chi connectivity index (χ3v) is 6.00. The van der Waals surface area contributed by atoms with Crippen molar-refractivity contribution in [3.05, 3.63) is 93.7 Å². The first-order valence-electron chi connectivity index (χ1n) is 10.5. The zero-order valence-corrected chi connectivity index (χ0v) is 20.1. The van der Waals surface area contributed by atoms with Crippen molar-refractivity contribution in [1.29, 1.82) is 0 Å². The fraction of sp³-hybridized carbons (Fsp3) is 0.160. The highest BCUT2D eigenvalue weighted by Crippen LogP contribution is 2.19. The Bertz CT molecular complexity index is 1290. The summed E-state index contributed by atoms with van der Waals surface area (Å²) in [6, 6.07) is 22.1. The molecule has 0 aliphatic heterocycles. The molecule has 0 aliphatic rings. The SMILES string of the molecule is O=C(Cn1c(CCCNC(=O)c2ccccc2Cl)nc2ccccc21)Nc1ccc(Br)cc1. The number of carbonyl (C=O) groups is 2. The van der Waals surface area contributed by atoms with Crippen molar-refractivity contribution in [1.82, 2.24) is 14.9 Å². The van der Waals surface area contributed by atoms with Gasteiger partial charge in [0.15, 0.2) is 0 Å². The van der Waals surface area contributed by atoms with E-state index >= 15 is 0 Å². The largest absolute Gasteiger partial charge is 0.352 e. The summed E-state index contributed by atoms with van der Waals surface area (Å²) in [5.74, 6) is 0.464. The molecule has 2 amide bonds. The van der Waals surface area contributed by atoms with Gasteiger partial charge in [-0.15, -0.1) is 0 Å². The molecular weight excluding hydrogens is 504 g/mol. The fourth-order valence-electron chi connectivity index (χ4n) is 3.56. The number of anilines is 1. The standard InChI is InChI=1S/C25H22BrClN4O2/c26-17-11-13-18(14-12-17)29-24(32)16-31-22-9-4-3-8-21(22)30-23(31)10-5-15-28-25(33)19-6-1-2-7-20(19)27/h1-4,6-9,11-14H,5,10,15-16H2,(H,28,33)(H,29,32). The second-order valence-corrected chi connectivity index (χ2v) is 8.82. The van der Waals surface area contributed by atoms with Gasteiger partial charge in [0, 0.05) is 23.1 Å². The number of fused-ring (bicyclic) bond motifs is 1. The number of benzene rings is 3. The van der Waals surface area contributed by atoms with Crippen LogP contribution in [-0.2, 0) is 17.8 Å². The minimum Gasteiger partial charge on any atom is -0.352 e. The van der Waals surface area contributed by atoms with Gasteiger partial charge in [0.05, 0.1) is 21.6 Å². The summed E-state index contributed by atoms with van der Waals surface area (Å²) in [4.78, 5) is 29.8. The molecule has 3 aromatic carbocycles. The van der Waals surface area contributed by atoms with Crippen LogP contribution in [0.2, 0.25) is 5.02 Å². The van der Waals surface area contributed by atoms with Gasteiger partial charge in [-0.3, -0.25) is 9.59 Å². The van der Waals surface area contributed by atoms with E-state index in [1.807, 2.05) is 53.1 Å². The van der Waals surface area contributed by atoms with Crippen molar-refractivity contribution >= 4 is 56.1 Å². The van der Waals surface area contributed by atoms with Crippen LogP contribution in [0.4, 0.5) is 5.69 Å². The molecule has 168 valence electrons. The number of rotatable bonds is 8. The van der Waals surface area contributed by atoms with Crippen LogP contribution in [0.25, 0.3) is 11.0 Å². The lowest BCUT2D eigenvalue weighted by Crippen LogP contribution is -2.25. The Morgan fingerprint density at radius 3 is 2.48 bits per heavy atom. The van der Waals surface area contributed by atoms with Crippen molar-refractivity contribution in [3.8, 4) is 0 Å². The first kappa shape index (κ1) is 23.0. The van der Waals surface area contributed by atoms with Gasteiger partial charge in [-0.1, -0.05) is 51.8 Å². The summed E-state index contributed by atoms with van der Waals surface area (Å²) < 4.78 is 2.88. The Morgan fingerprint density at radius 1 is 0.970 bits per heavy atom. The Hall–Kier alpha value is -3.16. The monoisotopic (exact) mass is 524 g/mol. The van der Waals surface area contributed by atoms with E-state index in [1.165, 1.54) is 0 Å². The number of aryl methyl sites for hydroxylation is 1. The van der Waals surface area contributed by atoms with Gasteiger partial charge in [-0.05, 0) is 55.0 Å². The number of halogens is 2. The average molecular weight is 526 g/mol. The molecule has 8 heteroatoms. The molecule has 33 heavy (non-hydrogen) atoms. The molecule has 0 unspecified atom stereocenters. The maximum Gasteiger partial charge on any atom is 0.252 e. The average Bonchev–Trinajstić information content (AvgIpc) is 3.15. The highest BCUT2D eigenvalue weighted by Gasteiger charge is 2.14. The molecule has 1 aromatic heterocycles. The molecule has 6 nitrogen and oxygen atoms in total. The molecular formula is C25H22BrClN4O2. The quantitative estimate of drug-likeness (QED) is 0.300. The second-order valence-electron chi connectivity index (χ2n) is 7.50. The Kier molecular flexibility index (Phi) is 7.42. The van der Waals surface area contributed by atoms with Crippen LogP contribution in [0.3, 0.4) is 0 Å². The van der Waals surface area contributed by atoms with E-state index < -0.39 is 0 Å². The smallest absolute Gasteiger partial charge is 0.252 e. The minimum atomic E-state index is -0.206. The molecule has 0 radical (unpaired) electrons.